The molecule has 0 heterocycles. The zero-order valence-electron chi connectivity index (χ0n) is 15.2. The normalized spacial score (nSPS) is 16.3. The van der Waals surface area contributed by atoms with Gasteiger partial charge in [-0.05, 0) is 30.0 Å². The van der Waals surface area contributed by atoms with Crippen LogP contribution < -0.4 is 4.74 Å². The van der Waals surface area contributed by atoms with Crippen molar-refractivity contribution in [1.29, 1.82) is 0 Å². The molecule has 0 N–H and O–H groups in total. The Hall–Kier alpha value is -2.46. The van der Waals surface area contributed by atoms with Crippen molar-refractivity contribution in [3.05, 3.63) is 71.5 Å². The lowest BCUT2D eigenvalue weighted by molar-refractivity contribution is -0.116. The first kappa shape index (κ1) is 18.3. The highest BCUT2D eigenvalue weighted by Gasteiger charge is 2.35. The maximum absolute atomic E-state index is 12.8. The maximum Gasteiger partial charge on any atom is 0.363 e. The summed E-state index contributed by atoms with van der Waals surface area (Å²) in [6.07, 6.45) is 1.11. The molecule has 2 aromatic carbocycles. The second-order valence-corrected chi connectivity index (χ2v) is 7.71. The Balaban J connectivity index is 1.91. The van der Waals surface area contributed by atoms with Gasteiger partial charge in [0.1, 0.15) is 11.5 Å². The molecular weight excluding hydrogens is 344 g/mol. The topological polar surface area (TPSA) is 35.5 Å². The highest BCUT2D eigenvalue weighted by atomic mass is 32.1. The van der Waals surface area contributed by atoms with Crippen molar-refractivity contribution >= 4 is 28.8 Å². The Morgan fingerprint density at radius 3 is 2.27 bits per heavy atom. The molecule has 0 saturated carbocycles. The third-order valence-corrected chi connectivity index (χ3v) is 4.49. The summed E-state index contributed by atoms with van der Waals surface area (Å²) < 4.78 is 11.5. The summed E-state index contributed by atoms with van der Waals surface area (Å²) in [6.45, 7) is 6.13. The summed E-state index contributed by atoms with van der Waals surface area (Å²) in [7, 11) is 0. The number of hydrogen-bond acceptors (Lipinski definition) is 4. The molecule has 0 aromatic heterocycles. The predicted octanol–water partition coefficient (Wildman–Crippen LogP) is 5.48. The number of para-hydroxylation sites is 1. The van der Waals surface area contributed by atoms with Crippen molar-refractivity contribution in [2.24, 2.45) is 5.41 Å². The lowest BCUT2D eigenvalue weighted by Crippen LogP contribution is -2.27. The van der Waals surface area contributed by atoms with Gasteiger partial charge in [0.15, 0.2) is 5.78 Å². The van der Waals surface area contributed by atoms with Crippen molar-refractivity contribution < 1.29 is 14.3 Å². The van der Waals surface area contributed by atoms with Gasteiger partial charge in [0, 0.05) is 25.1 Å². The Morgan fingerprint density at radius 1 is 0.962 bits per heavy atom. The van der Waals surface area contributed by atoms with Gasteiger partial charge in [0.05, 0.1) is 5.57 Å². The van der Waals surface area contributed by atoms with Crippen molar-refractivity contribution in [1.82, 2.24) is 0 Å². The van der Waals surface area contributed by atoms with Crippen LogP contribution in [0.4, 0.5) is 0 Å². The lowest BCUT2D eigenvalue weighted by atomic mass is 9.75. The van der Waals surface area contributed by atoms with Crippen molar-refractivity contribution in [2.45, 2.75) is 33.6 Å². The van der Waals surface area contributed by atoms with E-state index in [0.29, 0.717) is 29.9 Å². The van der Waals surface area contributed by atoms with E-state index in [-0.39, 0.29) is 16.4 Å². The maximum atomic E-state index is 12.8. The summed E-state index contributed by atoms with van der Waals surface area (Å²) in [5, 5.41) is 0.00121. The van der Waals surface area contributed by atoms with Crippen LogP contribution in [0.3, 0.4) is 0 Å². The minimum Gasteiger partial charge on any atom is -0.421 e. The third kappa shape index (κ3) is 4.38. The van der Waals surface area contributed by atoms with Gasteiger partial charge in [-0.3, -0.25) is 4.79 Å². The molecule has 0 aliphatic heterocycles. The molecular formula is C22H22O3S. The van der Waals surface area contributed by atoms with Gasteiger partial charge >= 0.3 is 5.24 Å². The number of thiocarbonyl (C=S) groups is 1. The number of rotatable bonds is 3. The Labute approximate surface area is 159 Å². The number of ether oxygens (including phenoxy) is 2. The summed E-state index contributed by atoms with van der Waals surface area (Å²) in [5.74, 6) is 1.26. The molecule has 0 bridgehead atoms. The summed E-state index contributed by atoms with van der Waals surface area (Å²) >= 11 is 5.26. The molecule has 1 aliphatic carbocycles. The van der Waals surface area contributed by atoms with Crippen LogP contribution in [0.15, 0.2) is 60.4 Å². The van der Waals surface area contributed by atoms with Crippen LogP contribution in [0.25, 0.3) is 5.57 Å². The van der Waals surface area contributed by atoms with E-state index in [2.05, 4.69) is 13.8 Å². The van der Waals surface area contributed by atoms with E-state index >= 15 is 0 Å². The van der Waals surface area contributed by atoms with Crippen LogP contribution in [0.5, 0.6) is 5.75 Å². The number of allylic oxidation sites excluding steroid dienone is 2. The molecule has 0 fully saturated rings. The molecule has 0 atom stereocenters. The zero-order valence-corrected chi connectivity index (χ0v) is 16.1. The number of benzene rings is 2. The molecule has 26 heavy (non-hydrogen) atoms. The van der Waals surface area contributed by atoms with Crippen LogP contribution in [0, 0.1) is 12.3 Å². The van der Waals surface area contributed by atoms with Gasteiger partial charge in [-0.2, -0.15) is 0 Å². The van der Waals surface area contributed by atoms with Gasteiger partial charge in [-0.15, -0.1) is 0 Å². The van der Waals surface area contributed by atoms with Crippen LogP contribution in [-0.4, -0.2) is 11.0 Å². The Bertz CT molecular complexity index is 849. The van der Waals surface area contributed by atoms with E-state index in [9.17, 15) is 4.79 Å². The zero-order chi connectivity index (χ0) is 18.7. The van der Waals surface area contributed by atoms with Gasteiger partial charge < -0.3 is 9.47 Å². The average molecular weight is 366 g/mol. The quantitative estimate of drug-likeness (QED) is 0.674. The minimum absolute atomic E-state index is 0.00121. The largest absolute Gasteiger partial charge is 0.421 e. The van der Waals surface area contributed by atoms with Crippen LogP contribution in [0.1, 0.15) is 37.8 Å². The predicted molar refractivity (Wildman–Crippen MR) is 107 cm³/mol. The number of Topliss-reactive ketones (excluding diaryl/α,β-unsaturated/α-hetero) is 1. The highest BCUT2D eigenvalue weighted by Crippen LogP contribution is 2.41. The molecule has 2 aromatic rings. The number of ketones is 1. The Kier molecular flexibility index (Phi) is 5.23. The fourth-order valence-electron chi connectivity index (χ4n) is 3.10. The number of carbonyl (C=O) groups is 1. The molecule has 3 nitrogen and oxygen atoms in total. The van der Waals surface area contributed by atoms with E-state index in [1.54, 1.807) is 12.1 Å². The molecule has 1 aliphatic rings. The van der Waals surface area contributed by atoms with E-state index in [1.807, 2.05) is 49.4 Å². The molecule has 3 rings (SSSR count). The minimum atomic E-state index is -0.178. The number of carbonyl (C=O) groups excluding carboxylic acids is 1. The monoisotopic (exact) mass is 366 g/mol. The molecule has 0 spiro atoms. The van der Waals surface area contributed by atoms with Crippen LogP contribution in [0.2, 0.25) is 0 Å². The first-order valence-electron chi connectivity index (χ1n) is 8.62. The summed E-state index contributed by atoms with van der Waals surface area (Å²) in [6, 6.07) is 17.1. The SMILES string of the molecule is Cc1ccc(C2=C(OC(=S)Oc3ccccc3)CC(C)(C)CC2=O)cc1. The molecule has 4 heteroatoms. The first-order chi connectivity index (χ1) is 12.3. The van der Waals surface area contributed by atoms with E-state index < -0.39 is 0 Å². The average Bonchev–Trinajstić information content (AvgIpc) is 2.56. The molecule has 0 radical (unpaired) electrons. The second kappa shape index (κ2) is 7.42. The summed E-state index contributed by atoms with van der Waals surface area (Å²) in [4.78, 5) is 12.8. The second-order valence-electron chi connectivity index (χ2n) is 7.37. The van der Waals surface area contributed by atoms with Crippen molar-refractivity contribution in [3.8, 4) is 5.75 Å². The summed E-state index contributed by atoms with van der Waals surface area (Å²) in [5.41, 5.74) is 2.42. The lowest BCUT2D eigenvalue weighted by Gasteiger charge is -2.31. The molecule has 134 valence electrons. The van der Waals surface area contributed by atoms with E-state index in [4.69, 9.17) is 21.7 Å². The van der Waals surface area contributed by atoms with Crippen molar-refractivity contribution in [2.75, 3.05) is 0 Å². The fraction of sp³-hybridized carbons (Fsp3) is 0.273. The van der Waals surface area contributed by atoms with Crippen molar-refractivity contribution in [3.63, 3.8) is 0 Å². The van der Waals surface area contributed by atoms with Gasteiger partial charge in [-0.1, -0.05) is 61.9 Å². The van der Waals surface area contributed by atoms with E-state index in [0.717, 1.165) is 11.1 Å². The highest BCUT2D eigenvalue weighted by molar-refractivity contribution is 7.79. The van der Waals surface area contributed by atoms with Crippen LogP contribution in [-0.2, 0) is 9.53 Å². The first-order valence-corrected chi connectivity index (χ1v) is 9.03. The van der Waals surface area contributed by atoms with Gasteiger partial charge in [0.25, 0.3) is 0 Å². The molecule has 0 saturated heterocycles. The van der Waals surface area contributed by atoms with Gasteiger partial charge in [-0.25, -0.2) is 0 Å². The van der Waals surface area contributed by atoms with Gasteiger partial charge in [0.2, 0.25) is 0 Å². The van der Waals surface area contributed by atoms with Crippen LogP contribution >= 0.6 is 12.2 Å². The third-order valence-electron chi connectivity index (χ3n) is 4.33. The Morgan fingerprint density at radius 2 is 1.62 bits per heavy atom. The smallest absolute Gasteiger partial charge is 0.363 e. The molecule has 0 amide bonds. The fourth-order valence-corrected chi connectivity index (χ4v) is 3.30. The van der Waals surface area contributed by atoms with E-state index in [1.165, 1.54) is 0 Å². The standard InChI is InChI=1S/C22H22O3S/c1-15-9-11-16(12-10-15)20-18(23)13-22(2,3)14-19(20)25-21(26)24-17-7-5-4-6-8-17/h4-12H,13-14H2,1-3H3. The molecule has 0 unspecified atom stereocenters. The number of aryl methyl sites for hydroxylation is 1. The number of hydrogen-bond donors (Lipinski definition) is 0.